The molecular formula is C13H14N4O2. The molecule has 0 unspecified atom stereocenters. The average molecular weight is 258 g/mol. The lowest BCUT2D eigenvalue weighted by Crippen LogP contribution is -2.26. The summed E-state index contributed by atoms with van der Waals surface area (Å²) >= 11 is 0. The van der Waals surface area contributed by atoms with Crippen molar-refractivity contribution in [2.45, 2.75) is 6.42 Å². The molecule has 0 bridgehead atoms. The number of anilines is 1. The number of aromatic hydroxyl groups is 1. The topological polar surface area (TPSA) is 101 Å². The van der Waals surface area contributed by atoms with Gasteiger partial charge in [0.15, 0.2) is 0 Å². The molecule has 0 aliphatic rings. The summed E-state index contributed by atoms with van der Waals surface area (Å²) in [5.41, 5.74) is 6.68. The molecule has 0 aliphatic heterocycles. The van der Waals surface area contributed by atoms with Crippen LogP contribution in [0.2, 0.25) is 0 Å². The Morgan fingerprint density at radius 3 is 2.68 bits per heavy atom. The van der Waals surface area contributed by atoms with Crippen LogP contribution in [-0.4, -0.2) is 27.5 Å². The van der Waals surface area contributed by atoms with E-state index >= 15 is 0 Å². The Morgan fingerprint density at radius 2 is 2.00 bits per heavy atom. The number of hydrogen-bond acceptors (Lipinski definition) is 5. The summed E-state index contributed by atoms with van der Waals surface area (Å²) in [5, 5.41) is 11.9. The van der Waals surface area contributed by atoms with E-state index in [9.17, 15) is 4.79 Å². The molecule has 1 heterocycles. The van der Waals surface area contributed by atoms with Gasteiger partial charge in [-0.2, -0.15) is 0 Å². The van der Waals surface area contributed by atoms with Crippen molar-refractivity contribution in [3.63, 3.8) is 0 Å². The van der Waals surface area contributed by atoms with E-state index in [0.29, 0.717) is 13.0 Å². The monoisotopic (exact) mass is 258 g/mol. The van der Waals surface area contributed by atoms with Crippen LogP contribution in [0.1, 0.15) is 16.1 Å². The fraction of sp³-hybridized carbons (Fsp3) is 0.154. The molecule has 1 aromatic heterocycles. The van der Waals surface area contributed by atoms with Gasteiger partial charge in [-0.3, -0.25) is 9.78 Å². The molecule has 4 N–H and O–H groups in total. The van der Waals surface area contributed by atoms with Gasteiger partial charge in [0.2, 0.25) is 0 Å². The number of nitrogens with two attached hydrogens (primary N) is 1. The standard InChI is InChI=1S/C13H14N4O2/c14-12-8-15-7-11(17-12)13(19)16-6-5-9-1-3-10(18)4-2-9/h1-4,7-8,18H,5-6H2,(H2,14,17)(H,16,19). The second-order valence-electron chi connectivity index (χ2n) is 4.00. The van der Waals surface area contributed by atoms with E-state index in [-0.39, 0.29) is 23.2 Å². The summed E-state index contributed by atoms with van der Waals surface area (Å²) < 4.78 is 0. The zero-order valence-electron chi connectivity index (χ0n) is 10.2. The number of aromatic nitrogens is 2. The first kappa shape index (κ1) is 12.8. The first-order valence-corrected chi connectivity index (χ1v) is 5.79. The molecule has 0 spiro atoms. The van der Waals surface area contributed by atoms with Crippen LogP contribution in [0.5, 0.6) is 5.75 Å². The maximum absolute atomic E-state index is 11.7. The van der Waals surface area contributed by atoms with Crippen molar-refractivity contribution < 1.29 is 9.90 Å². The Kier molecular flexibility index (Phi) is 3.92. The van der Waals surface area contributed by atoms with E-state index < -0.39 is 0 Å². The summed E-state index contributed by atoms with van der Waals surface area (Å²) in [7, 11) is 0. The number of hydrogen-bond donors (Lipinski definition) is 3. The van der Waals surface area contributed by atoms with Crippen LogP contribution in [0.3, 0.4) is 0 Å². The third-order valence-electron chi connectivity index (χ3n) is 2.52. The number of nitrogens with zero attached hydrogens (tertiary/aromatic N) is 2. The summed E-state index contributed by atoms with van der Waals surface area (Å²) in [6.07, 6.45) is 3.42. The highest BCUT2D eigenvalue weighted by atomic mass is 16.3. The number of benzene rings is 1. The molecule has 0 radical (unpaired) electrons. The van der Waals surface area contributed by atoms with Crippen LogP contribution in [0, 0.1) is 0 Å². The van der Waals surface area contributed by atoms with Crippen LogP contribution < -0.4 is 11.1 Å². The molecule has 1 aromatic carbocycles. The van der Waals surface area contributed by atoms with Crippen LogP contribution in [0.25, 0.3) is 0 Å². The molecule has 0 aliphatic carbocycles. The van der Waals surface area contributed by atoms with Crippen LogP contribution in [0.15, 0.2) is 36.7 Å². The second-order valence-corrected chi connectivity index (χ2v) is 4.00. The summed E-state index contributed by atoms with van der Waals surface area (Å²) in [5.74, 6) is 0.132. The van der Waals surface area contributed by atoms with Crippen molar-refractivity contribution >= 4 is 11.7 Å². The maximum atomic E-state index is 11.7. The van der Waals surface area contributed by atoms with Crippen molar-refractivity contribution in [2.75, 3.05) is 12.3 Å². The fourth-order valence-corrected chi connectivity index (χ4v) is 1.56. The lowest BCUT2D eigenvalue weighted by atomic mass is 10.1. The van der Waals surface area contributed by atoms with Crippen molar-refractivity contribution in [1.82, 2.24) is 15.3 Å². The van der Waals surface area contributed by atoms with Gasteiger partial charge in [0, 0.05) is 6.54 Å². The number of rotatable bonds is 4. The molecule has 0 saturated carbocycles. The SMILES string of the molecule is Nc1cncc(C(=O)NCCc2ccc(O)cc2)n1. The molecule has 1 amide bonds. The number of nitrogens with one attached hydrogen (secondary N) is 1. The molecule has 6 heteroatoms. The zero-order chi connectivity index (χ0) is 13.7. The number of carbonyl (C=O) groups excluding carboxylic acids is 1. The Hall–Kier alpha value is -2.63. The van der Waals surface area contributed by atoms with Gasteiger partial charge >= 0.3 is 0 Å². The molecule has 0 saturated heterocycles. The minimum Gasteiger partial charge on any atom is -0.508 e. The van der Waals surface area contributed by atoms with E-state index in [1.807, 2.05) is 12.1 Å². The second kappa shape index (κ2) is 5.81. The van der Waals surface area contributed by atoms with Crippen LogP contribution >= 0.6 is 0 Å². The summed E-state index contributed by atoms with van der Waals surface area (Å²) in [6.45, 7) is 0.472. The van der Waals surface area contributed by atoms with E-state index in [1.165, 1.54) is 12.4 Å². The lowest BCUT2D eigenvalue weighted by molar-refractivity contribution is 0.0949. The molecular weight excluding hydrogens is 244 g/mol. The highest BCUT2D eigenvalue weighted by Crippen LogP contribution is 2.09. The predicted octanol–water partition coefficient (Wildman–Crippen LogP) is 0.737. The molecule has 2 rings (SSSR count). The van der Waals surface area contributed by atoms with Crippen molar-refractivity contribution in [3.8, 4) is 5.75 Å². The van der Waals surface area contributed by atoms with Gasteiger partial charge in [-0.1, -0.05) is 12.1 Å². The van der Waals surface area contributed by atoms with Crippen molar-refractivity contribution in [1.29, 1.82) is 0 Å². The van der Waals surface area contributed by atoms with Gasteiger partial charge in [0.25, 0.3) is 5.91 Å². The van der Waals surface area contributed by atoms with Crippen molar-refractivity contribution in [3.05, 3.63) is 47.9 Å². The largest absolute Gasteiger partial charge is 0.508 e. The fourth-order valence-electron chi connectivity index (χ4n) is 1.56. The smallest absolute Gasteiger partial charge is 0.271 e. The van der Waals surface area contributed by atoms with Gasteiger partial charge in [-0.25, -0.2) is 4.98 Å². The number of phenolic OH excluding ortho intramolecular Hbond substituents is 1. The number of nitrogen functional groups attached to an aromatic ring is 1. The Labute approximate surface area is 110 Å². The van der Waals surface area contributed by atoms with Crippen LogP contribution in [-0.2, 0) is 6.42 Å². The summed E-state index contributed by atoms with van der Waals surface area (Å²) in [4.78, 5) is 19.4. The quantitative estimate of drug-likeness (QED) is 0.750. The lowest BCUT2D eigenvalue weighted by Gasteiger charge is -2.05. The minimum absolute atomic E-state index is 0.200. The van der Waals surface area contributed by atoms with E-state index in [2.05, 4.69) is 15.3 Å². The van der Waals surface area contributed by atoms with E-state index in [1.54, 1.807) is 12.1 Å². The average Bonchev–Trinajstić information content (AvgIpc) is 2.41. The summed E-state index contributed by atoms with van der Waals surface area (Å²) in [6, 6.07) is 6.84. The minimum atomic E-state index is -0.307. The van der Waals surface area contributed by atoms with Gasteiger partial charge in [0.1, 0.15) is 17.3 Å². The van der Waals surface area contributed by atoms with E-state index in [0.717, 1.165) is 5.56 Å². The zero-order valence-corrected chi connectivity index (χ0v) is 10.2. The first-order chi connectivity index (χ1) is 9.15. The van der Waals surface area contributed by atoms with Gasteiger partial charge in [0.05, 0.1) is 12.4 Å². The Bertz CT molecular complexity index is 569. The predicted molar refractivity (Wildman–Crippen MR) is 70.6 cm³/mol. The highest BCUT2D eigenvalue weighted by Gasteiger charge is 2.07. The van der Waals surface area contributed by atoms with Crippen LogP contribution in [0.4, 0.5) is 5.82 Å². The normalized spacial score (nSPS) is 10.1. The maximum Gasteiger partial charge on any atom is 0.271 e. The highest BCUT2D eigenvalue weighted by molar-refractivity contribution is 5.92. The third kappa shape index (κ3) is 3.67. The molecule has 19 heavy (non-hydrogen) atoms. The van der Waals surface area contributed by atoms with E-state index in [4.69, 9.17) is 10.8 Å². The third-order valence-corrected chi connectivity index (χ3v) is 2.52. The Balaban J connectivity index is 1.86. The Morgan fingerprint density at radius 1 is 1.26 bits per heavy atom. The molecule has 2 aromatic rings. The van der Waals surface area contributed by atoms with Crippen molar-refractivity contribution in [2.24, 2.45) is 0 Å². The number of carbonyl (C=O) groups is 1. The number of amides is 1. The van der Waals surface area contributed by atoms with Gasteiger partial charge < -0.3 is 16.2 Å². The molecule has 6 nitrogen and oxygen atoms in total. The molecule has 0 atom stereocenters. The molecule has 98 valence electrons. The molecule has 0 fully saturated rings. The number of phenols is 1. The first-order valence-electron chi connectivity index (χ1n) is 5.79. The van der Waals surface area contributed by atoms with Gasteiger partial charge in [-0.15, -0.1) is 0 Å². The van der Waals surface area contributed by atoms with Gasteiger partial charge in [-0.05, 0) is 24.1 Å².